The molecule has 2 nitrogen and oxygen atoms in total. The van der Waals surface area contributed by atoms with E-state index in [1.54, 1.807) is 13.0 Å². The lowest BCUT2D eigenvalue weighted by Gasteiger charge is -1.96. The van der Waals surface area contributed by atoms with Crippen molar-refractivity contribution in [2.24, 2.45) is 0 Å². The predicted molar refractivity (Wildman–Crippen MR) is 40.6 cm³/mol. The molecule has 0 fully saturated rings. The van der Waals surface area contributed by atoms with Crippen LogP contribution in [0.3, 0.4) is 0 Å². The average molecular weight is 140 g/mol. The molecule has 0 bridgehead atoms. The first-order chi connectivity index (χ1) is 4.57. The molecule has 0 heterocycles. The second-order valence-corrected chi connectivity index (χ2v) is 2.17. The molecule has 0 aliphatic heterocycles. The van der Waals surface area contributed by atoms with E-state index < -0.39 is 0 Å². The van der Waals surface area contributed by atoms with Crippen molar-refractivity contribution in [3.05, 3.63) is 23.8 Å². The van der Waals surface area contributed by atoms with Gasteiger partial charge in [-0.25, -0.2) is 4.79 Å². The average Bonchev–Trinajstić information content (AvgIpc) is 1.85. The molecule has 0 spiro atoms. The van der Waals surface area contributed by atoms with E-state index in [-0.39, 0.29) is 5.97 Å². The van der Waals surface area contributed by atoms with E-state index in [9.17, 15) is 4.79 Å². The van der Waals surface area contributed by atoms with Gasteiger partial charge in [-0.2, -0.15) is 0 Å². The number of hydrogen-bond donors (Lipinski definition) is 0. The lowest BCUT2D eigenvalue weighted by molar-refractivity contribution is -0.136. The van der Waals surface area contributed by atoms with Gasteiger partial charge in [0.05, 0.1) is 7.11 Å². The zero-order valence-corrected chi connectivity index (χ0v) is 6.60. The number of allylic oxidation sites excluding steroid dienone is 2. The van der Waals surface area contributed by atoms with Gasteiger partial charge in [-0.1, -0.05) is 12.2 Å². The molecule has 56 valence electrons. The van der Waals surface area contributed by atoms with Gasteiger partial charge >= 0.3 is 5.97 Å². The largest absolute Gasteiger partial charge is 0.466 e. The fraction of sp³-hybridized carbons (Fsp3) is 0.375. The molecular formula is C8H12O2. The van der Waals surface area contributed by atoms with E-state index in [0.29, 0.717) is 5.57 Å². The maximum Gasteiger partial charge on any atom is 0.333 e. The van der Waals surface area contributed by atoms with Gasteiger partial charge in [-0.15, -0.1) is 0 Å². The smallest absolute Gasteiger partial charge is 0.333 e. The van der Waals surface area contributed by atoms with Crippen LogP contribution < -0.4 is 0 Å². The van der Waals surface area contributed by atoms with Crippen molar-refractivity contribution in [1.82, 2.24) is 0 Å². The van der Waals surface area contributed by atoms with Crippen LogP contribution in [-0.4, -0.2) is 13.1 Å². The normalized spacial score (nSPS) is 10.9. The summed E-state index contributed by atoms with van der Waals surface area (Å²) >= 11 is 0. The highest BCUT2D eigenvalue weighted by atomic mass is 16.5. The van der Waals surface area contributed by atoms with Crippen LogP contribution in [0, 0.1) is 0 Å². The SMILES string of the molecule is C=C(C)C=C(C)C(=O)OC. The summed E-state index contributed by atoms with van der Waals surface area (Å²) in [5.41, 5.74) is 1.43. The molecule has 0 N–H and O–H groups in total. The number of carbonyl (C=O) groups is 1. The molecule has 0 aromatic carbocycles. The van der Waals surface area contributed by atoms with Crippen LogP contribution in [0.25, 0.3) is 0 Å². The predicted octanol–water partition coefficient (Wildman–Crippen LogP) is 1.68. The Morgan fingerprint density at radius 2 is 2.00 bits per heavy atom. The van der Waals surface area contributed by atoms with Gasteiger partial charge in [0, 0.05) is 5.57 Å². The molecule has 10 heavy (non-hydrogen) atoms. The first-order valence-corrected chi connectivity index (χ1v) is 3.00. The zero-order valence-electron chi connectivity index (χ0n) is 6.60. The zero-order chi connectivity index (χ0) is 8.15. The van der Waals surface area contributed by atoms with Gasteiger partial charge in [0.25, 0.3) is 0 Å². The maximum atomic E-state index is 10.7. The summed E-state index contributed by atoms with van der Waals surface area (Å²) in [6.07, 6.45) is 1.69. The van der Waals surface area contributed by atoms with E-state index in [1.807, 2.05) is 6.92 Å². The summed E-state index contributed by atoms with van der Waals surface area (Å²) in [5, 5.41) is 0. The van der Waals surface area contributed by atoms with Gasteiger partial charge in [-0.05, 0) is 19.9 Å². The fourth-order valence-corrected chi connectivity index (χ4v) is 0.590. The van der Waals surface area contributed by atoms with E-state index in [1.165, 1.54) is 7.11 Å². The van der Waals surface area contributed by atoms with Gasteiger partial charge in [0.1, 0.15) is 0 Å². The highest BCUT2D eigenvalue weighted by molar-refractivity contribution is 5.88. The Morgan fingerprint density at radius 3 is 2.30 bits per heavy atom. The summed E-state index contributed by atoms with van der Waals surface area (Å²) < 4.78 is 4.46. The Bertz CT molecular complexity index is 178. The lowest BCUT2D eigenvalue weighted by Crippen LogP contribution is -2.01. The van der Waals surface area contributed by atoms with Crippen molar-refractivity contribution < 1.29 is 9.53 Å². The molecule has 0 aromatic rings. The minimum absolute atomic E-state index is 0.303. The van der Waals surface area contributed by atoms with Gasteiger partial charge < -0.3 is 4.74 Å². The Labute approximate surface area is 61.2 Å². The first-order valence-electron chi connectivity index (χ1n) is 3.00. The molecule has 0 amide bonds. The molecule has 0 radical (unpaired) electrons. The molecule has 0 saturated heterocycles. The van der Waals surface area contributed by atoms with Crippen LogP contribution in [0.4, 0.5) is 0 Å². The monoisotopic (exact) mass is 140 g/mol. The third-order valence-corrected chi connectivity index (χ3v) is 0.970. The second-order valence-electron chi connectivity index (χ2n) is 2.17. The minimum atomic E-state index is -0.303. The molecule has 0 aliphatic carbocycles. The highest BCUT2D eigenvalue weighted by Gasteiger charge is 2.00. The Morgan fingerprint density at radius 1 is 1.50 bits per heavy atom. The number of carbonyl (C=O) groups excluding carboxylic acids is 1. The highest BCUT2D eigenvalue weighted by Crippen LogP contribution is 2.00. The summed E-state index contributed by atoms with van der Waals surface area (Å²) in [7, 11) is 1.36. The van der Waals surface area contributed by atoms with Crippen LogP contribution in [0.5, 0.6) is 0 Å². The standard InChI is InChI=1S/C8H12O2/c1-6(2)5-7(3)8(9)10-4/h5H,1H2,2-4H3. The van der Waals surface area contributed by atoms with Crippen molar-refractivity contribution in [3.8, 4) is 0 Å². The molecule has 0 rings (SSSR count). The molecule has 0 aromatic heterocycles. The van der Waals surface area contributed by atoms with Crippen LogP contribution in [-0.2, 0) is 9.53 Å². The molecule has 0 saturated carbocycles. The van der Waals surface area contributed by atoms with E-state index in [2.05, 4.69) is 11.3 Å². The van der Waals surface area contributed by atoms with Crippen LogP contribution >= 0.6 is 0 Å². The molecular weight excluding hydrogens is 128 g/mol. The summed E-state index contributed by atoms with van der Waals surface area (Å²) in [6, 6.07) is 0. The number of hydrogen-bond acceptors (Lipinski definition) is 2. The van der Waals surface area contributed by atoms with Crippen LogP contribution in [0.2, 0.25) is 0 Å². The Hall–Kier alpha value is -1.05. The summed E-state index contributed by atoms with van der Waals surface area (Å²) in [6.45, 7) is 7.15. The topological polar surface area (TPSA) is 26.3 Å². The number of rotatable bonds is 2. The Balaban J connectivity index is 4.19. The van der Waals surface area contributed by atoms with Crippen molar-refractivity contribution in [1.29, 1.82) is 0 Å². The van der Waals surface area contributed by atoms with Crippen molar-refractivity contribution in [2.75, 3.05) is 7.11 Å². The molecule has 0 atom stereocenters. The quantitative estimate of drug-likeness (QED) is 0.331. The van der Waals surface area contributed by atoms with Crippen LogP contribution in [0.1, 0.15) is 13.8 Å². The van der Waals surface area contributed by atoms with Gasteiger partial charge in [0.2, 0.25) is 0 Å². The minimum Gasteiger partial charge on any atom is -0.466 e. The van der Waals surface area contributed by atoms with Gasteiger partial charge in [0.15, 0.2) is 0 Å². The number of methoxy groups -OCH3 is 1. The molecule has 0 unspecified atom stereocenters. The van der Waals surface area contributed by atoms with E-state index in [4.69, 9.17) is 0 Å². The third kappa shape index (κ3) is 3.07. The Kier molecular flexibility index (Phi) is 3.47. The maximum absolute atomic E-state index is 10.7. The molecule has 2 heteroatoms. The van der Waals surface area contributed by atoms with E-state index in [0.717, 1.165) is 5.57 Å². The summed E-state index contributed by atoms with van der Waals surface area (Å²) in [5.74, 6) is -0.303. The van der Waals surface area contributed by atoms with E-state index >= 15 is 0 Å². The summed E-state index contributed by atoms with van der Waals surface area (Å²) in [4.78, 5) is 10.7. The van der Waals surface area contributed by atoms with Gasteiger partial charge in [-0.3, -0.25) is 0 Å². The first kappa shape index (κ1) is 8.95. The lowest BCUT2D eigenvalue weighted by atomic mass is 10.2. The molecule has 0 aliphatic rings. The van der Waals surface area contributed by atoms with Crippen molar-refractivity contribution in [3.63, 3.8) is 0 Å². The van der Waals surface area contributed by atoms with Crippen molar-refractivity contribution in [2.45, 2.75) is 13.8 Å². The number of ether oxygens (including phenoxy) is 1. The fourth-order valence-electron chi connectivity index (χ4n) is 0.590. The number of esters is 1. The second kappa shape index (κ2) is 3.88. The van der Waals surface area contributed by atoms with Crippen LogP contribution in [0.15, 0.2) is 23.8 Å². The van der Waals surface area contributed by atoms with Crippen molar-refractivity contribution >= 4 is 5.97 Å². The third-order valence-electron chi connectivity index (χ3n) is 0.970.